The van der Waals surface area contributed by atoms with Crippen LogP contribution in [-0.2, 0) is 24.5 Å². The monoisotopic (exact) mass is 482 g/mol. The lowest BCUT2D eigenvalue weighted by atomic mass is 10.1. The SMILES string of the molecule is Cc1cc(OCc2coc(C=Cc3ccc(OC(F)F)cc3)n2)ccc1COCCn1ccnn1. The highest BCUT2D eigenvalue weighted by atomic mass is 19.3. The fourth-order valence-corrected chi connectivity index (χ4v) is 3.16. The maximum atomic E-state index is 12.2. The Bertz CT molecular complexity index is 1220. The quantitative estimate of drug-likeness (QED) is 0.259. The first kappa shape index (κ1) is 24.1. The predicted octanol–water partition coefficient (Wildman–Crippen LogP) is 5.14. The Morgan fingerprint density at radius 2 is 1.89 bits per heavy atom. The van der Waals surface area contributed by atoms with Crippen LogP contribution in [0.4, 0.5) is 8.78 Å². The fourth-order valence-electron chi connectivity index (χ4n) is 3.16. The molecule has 0 aliphatic heterocycles. The summed E-state index contributed by atoms with van der Waals surface area (Å²) in [5.41, 5.74) is 3.58. The lowest BCUT2D eigenvalue weighted by Gasteiger charge is -2.10. The molecule has 0 N–H and O–H groups in total. The molecule has 2 heterocycles. The van der Waals surface area contributed by atoms with Crippen LogP contribution < -0.4 is 9.47 Å². The third kappa shape index (κ3) is 7.47. The first-order chi connectivity index (χ1) is 17.0. The highest BCUT2D eigenvalue weighted by molar-refractivity contribution is 5.66. The number of halogens is 2. The van der Waals surface area contributed by atoms with Crippen LogP contribution in [0, 0.1) is 6.92 Å². The van der Waals surface area contributed by atoms with Gasteiger partial charge in [0.05, 0.1) is 26.0 Å². The summed E-state index contributed by atoms with van der Waals surface area (Å²) in [4.78, 5) is 4.37. The minimum Gasteiger partial charge on any atom is -0.487 e. The summed E-state index contributed by atoms with van der Waals surface area (Å²) in [5, 5.41) is 7.66. The summed E-state index contributed by atoms with van der Waals surface area (Å²) in [5.74, 6) is 1.23. The Morgan fingerprint density at radius 3 is 2.63 bits per heavy atom. The molecule has 35 heavy (non-hydrogen) atoms. The van der Waals surface area contributed by atoms with E-state index in [1.165, 1.54) is 18.4 Å². The zero-order valence-electron chi connectivity index (χ0n) is 19.0. The maximum absolute atomic E-state index is 12.2. The highest BCUT2D eigenvalue weighted by Crippen LogP contribution is 2.20. The van der Waals surface area contributed by atoms with Crippen molar-refractivity contribution in [3.8, 4) is 11.5 Å². The third-order valence-electron chi connectivity index (χ3n) is 4.99. The molecule has 10 heteroatoms. The smallest absolute Gasteiger partial charge is 0.387 e. The number of ether oxygens (including phenoxy) is 3. The number of hydrogen-bond acceptors (Lipinski definition) is 7. The normalized spacial score (nSPS) is 11.4. The molecule has 4 rings (SSSR count). The van der Waals surface area contributed by atoms with Crippen molar-refractivity contribution < 1.29 is 27.4 Å². The molecule has 0 aliphatic carbocycles. The maximum Gasteiger partial charge on any atom is 0.387 e. The van der Waals surface area contributed by atoms with E-state index >= 15 is 0 Å². The van der Waals surface area contributed by atoms with Crippen LogP contribution in [0.25, 0.3) is 12.2 Å². The van der Waals surface area contributed by atoms with Gasteiger partial charge in [0.2, 0.25) is 5.89 Å². The van der Waals surface area contributed by atoms with Crippen LogP contribution in [0.1, 0.15) is 28.3 Å². The Kier molecular flexibility index (Phi) is 8.18. The first-order valence-electron chi connectivity index (χ1n) is 10.9. The van der Waals surface area contributed by atoms with E-state index in [-0.39, 0.29) is 12.4 Å². The number of rotatable bonds is 12. The molecule has 0 radical (unpaired) electrons. The molecule has 0 fully saturated rings. The molecule has 0 amide bonds. The van der Waals surface area contributed by atoms with E-state index in [9.17, 15) is 8.78 Å². The molecular formula is C25H24F2N4O4. The van der Waals surface area contributed by atoms with Crippen LogP contribution in [0.5, 0.6) is 11.5 Å². The summed E-state index contributed by atoms with van der Waals surface area (Å²) >= 11 is 0. The van der Waals surface area contributed by atoms with Crippen LogP contribution in [0.15, 0.2) is 65.5 Å². The van der Waals surface area contributed by atoms with E-state index in [0.29, 0.717) is 31.3 Å². The minimum atomic E-state index is -2.85. The molecule has 0 unspecified atom stereocenters. The van der Waals surface area contributed by atoms with Gasteiger partial charge in [-0.3, -0.25) is 4.68 Å². The van der Waals surface area contributed by atoms with Crippen molar-refractivity contribution >= 4 is 12.2 Å². The van der Waals surface area contributed by atoms with E-state index in [0.717, 1.165) is 22.4 Å². The lowest BCUT2D eigenvalue weighted by molar-refractivity contribution is -0.0498. The van der Waals surface area contributed by atoms with Crippen LogP contribution in [-0.4, -0.2) is 33.2 Å². The molecule has 0 saturated heterocycles. The summed E-state index contributed by atoms with van der Waals surface area (Å²) < 4.78 is 47.5. The van der Waals surface area contributed by atoms with Gasteiger partial charge in [-0.1, -0.05) is 23.4 Å². The van der Waals surface area contributed by atoms with Crippen molar-refractivity contribution in [2.24, 2.45) is 0 Å². The standard InChI is InChI=1S/C25H24F2N4O4/c1-18-14-23(8-5-20(18)15-32-13-12-31-11-10-28-30-31)33-16-21-17-34-24(29-21)9-4-19-2-6-22(7-3-19)35-25(26)27/h2-11,14,17,25H,12-13,15-16H2,1H3. The Hall–Kier alpha value is -4.05. The van der Waals surface area contributed by atoms with E-state index < -0.39 is 6.61 Å². The number of aromatic nitrogens is 4. The second kappa shape index (κ2) is 11.9. The van der Waals surface area contributed by atoms with E-state index in [4.69, 9.17) is 13.9 Å². The number of benzene rings is 2. The van der Waals surface area contributed by atoms with Gasteiger partial charge in [-0.2, -0.15) is 8.78 Å². The van der Waals surface area contributed by atoms with Gasteiger partial charge in [0, 0.05) is 12.3 Å². The van der Waals surface area contributed by atoms with Crippen molar-refractivity contribution in [2.45, 2.75) is 33.3 Å². The molecule has 4 aromatic rings. The topological polar surface area (TPSA) is 84.4 Å². The molecule has 2 aromatic heterocycles. The molecule has 2 aromatic carbocycles. The largest absolute Gasteiger partial charge is 0.487 e. The summed E-state index contributed by atoms with van der Waals surface area (Å²) in [6.45, 7) is 1.11. The van der Waals surface area contributed by atoms with Crippen molar-refractivity contribution in [3.63, 3.8) is 0 Å². The van der Waals surface area contributed by atoms with Gasteiger partial charge in [0.1, 0.15) is 30.1 Å². The van der Waals surface area contributed by atoms with Crippen LogP contribution in [0.2, 0.25) is 0 Å². The van der Waals surface area contributed by atoms with Crippen molar-refractivity contribution in [2.75, 3.05) is 6.61 Å². The number of aryl methyl sites for hydroxylation is 1. The molecule has 0 saturated carbocycles. The zero-order chi connectivity index (χ0) is 24.5. The Morgan fingerprint density at radius 1 is 1.06 bits per heavy atom. The first-order valence-corrected chi connectivity index (χ1v) is 10.9. The van der Waals surface area contributed by atoms with Gasteiger partial charge in [0.15, 0.2) is 0 Å². The van der Waals surface area contributed by atoms with Crippen molar-refractivity contribution in [1.29, 1.82) is 0 Å². The average molecular weight is 482 g/mol. The van der Waals surface area contributed by atoms with Crippen LogP contribution in [0.3, 0.4) is 0 Å². The molecule has 0 bridgehead atoms. The highest BCUT2D eigenvalue weighted by Gasteiger charge is 2.06. The molecule has 0 spiro atoms. The van der Waals surface area contributed by atoms with Gasteiger partial charge < -0.3 is 18.6 Å². The van der Waals surface area contributed by atoms with Crippen molar-refractivity contribution in [3.05, 3.63) is 89.4 Å². The van der Waals surface area contributed by atoms with Gasteiger partial charge in [0.25, 0.3) is 0 Å². The molecular weight excluding hydrogens is 458 g/mol. The number of alkyl halides is 2. The number of hydrogen-bond donors (Lipinski definition) is 0. The average Bonchev–Trinajstić information content (AvgIpc) is 3.53. The van der Waals surface area contributed by atoms with Gasteiger partial charge in [-0.25, -0.2) is 4.98 Å². The summed E-state index contributed by atoms with van der Waals surface area (Å²) in [6.07, 6.45) is 8.42. The Labute approximate surface area is 200 Å². The predicted molar refractivity (Wildman–Crippen MR) is 124 cm³/mol. The second-order valence-corrected chi connectivity index (χ2v) is 7.55. The van der Waals surface area contributed by atoms with E-state index in [1.807, 2.05) is 25.1 Å². The molecule has 0 aliphatic rings. The molecule has 8 nitrogen and oxygen atoms in total. The third-order valence-corrected chi connectivity index (χ3v) is 4.99. The van der Waals surface area contributed by atoms with E-state index in [2.05, 4.69) is 20.0 Å². The van der Waals surface area contributed by atoms with Gasteiger partial charge in [-0.15, -0.1) is 5.10 Å². The number of nitrogens with zero attached hydrogens (tertiary/aromatic N) is 4. The Balaban J connectivity index is 1.23. The summed E-state index contributed by atoms with van der Waals surface area (Å²) in [7, 11) is 0. The molecule has 182 valence electrons. The molecule has 0 atom stereocenters. The van der Waals surface area contributed by atoms with Gasteiger partial charge in [-0.05, 0) is 54.0 Å². The summed E-state index contributed by atoms with van der Waals surface area (Å²) in [6, 6.07) is 12.1. The minimum absolute atomic E-state index is 0.103. The fraction of sp³-hybridized carbons (Fsp3) is 0.240. The van der Waals surface area contributed by atoms with E-state index in [1.54, 1.807) is 41.4 Å². The van der Waals surface area contributed by atoms with Crippen LogP contribution >= 0.6 is 0 Å². The van der Waals surface area contributed by atoms with Crippen molar-refractivity contribution in [1.82, 2.24) is 20.0 Å². The van der Waals surface area contributed by atoms with Gasteiger partial charge >= 0.3 is 6.61 Å². The lowest BCUT2D eigenvalue weighted by Crippen LogP contribution is -2.07. The zero-order valence-corrected chi connectivity index (χ0v) is 19.0. The second-order valence-electron chi connectivity index (χ2n) is 7.55. The number of oxazole rings is 1.